The highest BCUT2D eigenvalue weighted by molar-refractivity contribution is 5.57. The number of benzene rings is 1. The van der Waals surface area contributed by atoms with Crippen LogP contribution in [0.4, 0.5) is 5.69 Å². The van der Waals surface area contributed by atoms with Crippen LogP contribution in [0, 0.1) is 5.92 Å². The second-order valence-electron chi connectivity index (χ2n) is 5.02. The van der Waals surface area contributed by atoms with E-state index in [1.165, 1.54) is 56.7 Å². The molecule has 2 aliphatic heterocycles. The zero-order chi connectivity index (χ0) is 10.8. The smallest absolute Gasteiger partial charge is 0.0399 e. The Morgan fingerprint density at radius 1 is 1.19 bits per heavy atom. The highest BCUT2D eigenvalue weighted by Gasteiger charge is 2.22. The summed E-state index contributed by atoms with van der Waals surface area (Å²) in [5.41, 5.74) is 3.03. The van der Waals surface area contributed by atoms with Crippen molar-refractivity contribution in [1.29, 1.82) is 0 Å². The molecule has 0 aromatic heterocycles. The number of hydrogen-bond donors (Lipinski definition) is 1. The van der Waals surface area contributed by atoms with Gasteiger partial charge in [0.05, 0.1) is 0 Å². The number of para-hydroxylation sites is 1. The standard InChI is InChI=1S/C14H20N2/c1-2-4-14-13(3-1)7-10-16(14)11-12-5-8-15-9-6-12/h1-4,12,15H,5-11H2. The molecule has 2 nitrogen and oxygen atoms in total. The third-order valence-corrected chi connectivity index (χ3v) is 3.92. The van der Waals surface area contributed by atoms with E-state index in [4.69, 9.17) is 0 Å². The van der Waals surface area contributed by atoms with Crippen molar-refractivity contribution in [3.63, 3.8) is 0 Å². The van der Waals surface area contributed by atoms with Gasteiger partial charge in [0.1, 0.15) is 0 Å². The van der Waals surface area contributed by atoms with Crippen molar-refractivity contribution in [3.05, 3.63) is 29.8 Å². The topological polar surface area (TPSA) is 15.3 Å². The van der Waals surface area contributed by atoms with E-state index in [2.05, 4.69) is 34.5 Å². The molecule has 2 heteroatoms. The Morgan fingerprint density at radius 3 is 2.88 bits per heavy atom. The predicted octanol–water partition coefficient (Wildman–Crippen LogP) is 2.05. The normalized spacial score (nSPS) is 21.1. The van der Waals surface area contributed by atoms with E-state index in [1.54, 1.807) is 0 Å². The molecule has 86 valence electrons. The molecule has 1 fully saturated rings. The second kappa shape index (κ2) is 4.46. The minimum atomic E-state index is 0.896. The van der Waals surface area contributed by atoms with Crippen LogP contribution in [0.2, 0.25) is 0 Å². The van der Waals surface area contributed by atoms with Gasteiger partial charge >= 0.3 is 0 Å². The van der Waals surface area contributed by atoms with E-state index in [1.807, 2.05) is 0 Å². The molecule has 1 aromatic carbocycles. The lowest BCUT2D eigenvalue weighted by molar-refractivity contribution is 0.375. The molecule has 1 saturated heterocycles. The number of fused-ring (bicyclic) bond motifs is 1. The zero-order valence-corrected chi connectivity index (χ0v) is 9.78. The molecule has 0 radical (unpaired) electrons. The van der Waals surface area contributed by atoms with Crippen molar-refractivity contribution in [1.82, 2.24) is 5.32 Å². The van der Waals surface area contributed by atoms with E-state index in [-0.39, 0.29) is 0 Å². The molecule has 2 aliphatic rings. The van der Waals surface area contributed by atoms with E-state index in [0.29, 0.717) is 0 Å². The number of piperidine rings is 1. The molecule has 0 atom stereocenters. The Labute approximate surface area is 97.6 Å². The first-order valence-electron chi connectivity index (χ1n) is 6.47. The maximum absolute atomic E-state index is 3.44. The van der Waals surface area contributed by atoms with Crippen molar-refractivity contribution in [2.24, 2.45) is 5.92 Å². The number of hydrogen-bond acceptors (Lipinski definition) is 2. The quantitative estimate of drug-likeness (QED) is 0.814. The SMILES string of the molecule is c1ccc2c(c1)CCN2CC1CCNCC1. The third kappa shape index (κ3) is 1.94. The molecule has 3 rings (SSSR count). The van der Waals surface area contributed by atoms with Gasteiger partial charge in [-0.1, -0.05) is 18.2 Å². The van der Waals surface area contributed by atoms with Crippen molar-refractivity contribution in [2.75, 3.05) is 31.1 Å². The molecule has 2 heterocycles. The van der Waals surface area contributed by atoms with Crippen LogP contribution in [0.1, 0.15) is 18.4 Å². The molecule has 16 heavy (non-hydrogen) atoms. The predicted molar refractivity (Wildman–Crippen MR) is 68.0 cm³/mol. The Bertz CT molecular complexity index is 356. The molecular weight excluding hydrogens is 196 g/mol. The largest absolute Gasteiger partial charge is 0.371 e. The zero-order valence-electron chi connectivity index (χ0n) is 9.78. The van der Waals surface area contributed by atoms with E-state index in [0.717, 1.165) is 5.92 Å². The monoisotopic (exact) mass is 216 g/mol. The summed E-state index contributed by atoms with van der Waals surface area (Å²) in [6.45, 7) is 4.91. The average molecular weight is 216 g/mol. The molecule has 0 spiro atoms. The molecule has 0 amide bonds. The summed E-state index contributed by atoms with van der Waals surface area (Å²) in [4.78, 5) is 2.59. The van der Waals surface area contributed by atoms with Crippen molar-refractivity contribution >= 4 is 5.69 Å². The van der Waals surface area contributed by atoms with Gasteiger partial charge in [0.25, 0.3) is 0 Å². The lowest BCUT2D eigenvalue weighted by Gasteiger charge is -2.29. The Kier molecular flexibility index (Phi) is 2.83. The maximum Gasteiger partial charge on any atom is 0.0399 e. The van der Waals surface area contributed by atoms with Gasteiger partial charge < -0.3 is 10.2 Å². The summed E-state index contributed by atoms with van der Waals surface area (Å²) in [6, 6.07) is 8.88. The first-order chi connectivity index (χ1) is 7.93. The second-order valence-corrected chi connectivity index (χ2v) is 5.02. The van der Waals surface area contributed by atoms with Crippen LogP contribution in [0.5, 0.6) is 0 Å². The van der Waals surface area contributed by atoms with Crippen LogP contribution in [-0.2, 0) is 6.42 Å². The van der Waals surface area contributed by atoms with E-state index < -0.39 is 0 Å². The number of nitrogens with zero attached hydrogens (tertiary/aromatic N) is 1. The fraction of sp³-hybridized carbons (Fsp3) is 0.571. The molecule has 0 aliphatic carbocycles. The number of rotatable bonds is 2. The lowest BCUT2D eigenvalue weighted by atomic mass is 9.97. The minimum Gasteiger partial charge on any atom is -0.371 e. The lowest BCUT2D eigenvalue weighted by Crippen LogP contribution is -2.35. The third-order valence-electron chi connectivity index (χ3n) is 3.92. The fourth-order valence-corrected chi connectivity index (χ4v) is 2.97. The van der Waals surface area contributed by atoms with E-state index in [9.17, 15) is 0 Å². The van der Waals surface area contributed by atoms with Crippen molar-refractivity contribution in [2.45, 2.75) is 19.3 Å². The van der Waals surface area contributed by atoms with Crippen LogP contribution in [0.25, 0.3) is 0 Å². The van der Waals surface area contributed by atoms with Crippen molar-refractivity contribution < 1.29 is 0 Å². The summed E-state index contributed by atoms with van der Waals surface area (Å²) < 4.78 is 0. The number of anilines is 1. The highest BCUT2D eigenvalue weighted by atomic mass is 15.1. The molecule has 0 unspecified atom stereocenters. The molecule has 1 aromatic rings. The maximum atomic E-state index is 3.44. The first-order valence-corrected chi connectivity index (χ1v) is 6.47. The Hall–Kier alpha value is -1.02. The van der Waals surface area contributed by atoms with Gasteiger partial charge in [-0.25, -0.2) is 0 Å². The van der Waals surface area contributed by atoms with Gasteiger partial charge in [-0.3, -0.25) is 0 Å². The average Bonchev–Trinajstić information content (AvgIpc) is 2.74. The van der Waals surface area contributed by atoms with Crippen LogP contribution < -0.4 is 10.2 Å². The van der Waals surface area contributed by atoms with Gasteiger partial charge in [-0.05, 0) is 49.9 Å². The Morgan fingerprint density at radius 2 is 2.00 bits per heavy atom. The van der Waals surface area contributed by atoms with Gasteiger partial charge in [0, 0.05) is 18.8 Å². The summed E-state index contributed by atoms with van der Waals surface area (Å²) >= 11 is 0. The summed E-state index contributed by atoms with van der Waals surface area (Å²) in [6.07, 6.45) is 3.93. The van der Waals surface area contributed by atoms with Gasteiger partial charge in [-0.15, -0.1) is 0 Å². The highest BCUT2D eigenvalue weighted by Crippen LogP contribution is 2.29. The van der Waals surface area contributed by atoms with Gasteiger partial charge in [-0.2, -0.15) is 0 Å². The minimum absolute atomic E-state index is 0.896. The van der Waals surface area contributed by atoms with Crippen molar-refractivity contribution in [3.8, 4) is 0 Å². The van der Waals surface area contributed by atoms with Gasteiger partial charge in [0.15, 0.2) is 0 Å². The number of nitrogens with one attached hydrogen (secondary N) is 1. The van der Waals surface area contributed by atoms with Crippen LogP contribution in [0.3, 0.4) is 0 Å². The van der Waals surface area contributed by atoms with Crippen LogP contribution in [-0.4, -0.2) is 26.2 Å². The molecule has 0 bridgehead atoms. The van der Waals surface area contributed by atoms with Crippen LogP contribution >= 0.6 is 0 Å². The summed E-state index contributed by atoms with van der Waals surface area (Å²) in [5.74, 6) is 0.896. The first kappa shape index (κ1) is 10.2. The molecule has 0 saturated carbocycles. The molecule has 1 N–H and O–H groups in total. The summed E-state index contributed by atoms with van der Waals surface area (Å²) in [5, 5.41) is 3.44. The summed E-state index contributed by atoms with van der Waals surface area (Å²) in [7, 11) is 0. The van der Waals surface area contributed by atoms with E-state index >= 15 is 0 Å². The van der Waals surface area contributed by atoms with Crippen LogP contribution in [0.15, 0.2) is 24.3 Å². The Balaban J connectivity index is 1.68. The molecular formula is C14H20N2. The van der Waals surface area contributed by atoms with Gasteiger partial charge in [0.2, 0.25) is 0 Å². The fourth-order valence-electron chi connectivity index (χ4n) is 2.97.